The Balaban J connectivity index is 2.34. The molecule has 6 heteroatoms. The van der Waals surface area contributed by atoms with E-state index in [-0.39, 0.29) is 6.54 Å². The lowest BCUT2D eigenvalue weighted by atomic mass is 10.1. The zero-order chi connectivity index (χ0) is 14.0. The van der Waals surface area contributed by atoms with Crippen molar-refractivity contribution in [2.45, 2.75) is 32.4 Å². The molecule has 0 unspecified atom stereocenters. The van der Waals surface area contributed by atoms with E-state index in [1.807, 2.05) is 0 Å². The second kappa shape index (κ2) is 5.88. The van der Waals surface area contributed by atoms with E-state index in [9.17, 15) is 17.6 Å². The number of benzene rings is 1. The zero-order valence-electron chi connectivity index (χ0n) is 10.4. The predicted octanol–water partition coefficient (Wildman–Crippen LogP) is 2.72. The SMILES string of the molecule is OCc1c(F)c(F)c(CN2CCCCC2)c(F)c1F. The highest BCUT2D eigenvalue weighted by molar-refractivity contribution is 5.29. The quantitative estimate of drug-likeness (QED) is 0.678. The average Bonchev–Trinajstić information content (AvgIpc) is 2.43. The third-order valence-corrected chi connectivity index (χ3v) is 3.43. The molecule has 106 valence electrons. The second-order valence-corrected chi connectivity index (χ2v) is 4.71. The van der Waals surface area contributed by atoms with Gasteiger partial charge in [-0.05, 0) is 25.9 Å². The van der Waals surface area contributed by atoms with Crippen molar-refractivity contribution >= 4 is 0 Å². The fraction of sp³-hybridized carbons (Fsp3) is 0.538. The molecule has 2 rings (SSSR count). The highest BCUT2D eigenvalue weighted by Crippen LogP contribution is 2.26. The average molecular weight is 277 g/mol. The Morgan fingerprint density at radius 2 is 1.26 bits per heavy atom. The topological polar surface area (TPSA) is 23.5 Å². The van der Waals surface area contributed by atoms with Gasteiger partial charge in [0.05, 0.1) is 12.2 Å². The van der Waals surface area contributed by atoms with Crippen LogP contribution in [0.25, 0.3) is 0 Å². The van der Waals surface area contributed by atoms with Gasteiger partial charge in [-0.3, -0.25) is 4.90 Å². The van der Waals surface area contributed by atoms with Crippen LogP contribution in [0, 0.1) is 23.3 Å². The zero-order valence-corrected chi connectivity index (χ0v) is 10.4. The van der Waals surface area contributed by atoms with E-state index < -0.39 is 41.0 Å². The van der Waals surface area contributed by atoms with Gasteiger partial charge in [-0.25, -0.2) is 17.6 Å². The normalized spacial score (nSPS) is 16.9. The number of hydrogen-bond donors (Lipinski definition) is 1. The molecule has 0 saturated carbocycles. The summed E-state index contributed by atoms with van der Waals surface area (Å²) in [7, 11) is 0. The molecule has 0 aliphatic carbocycles. The summed E-state index contributed by atoms with van der Waals surface area (Å²) in [5, 5.41) is 8.74. The Labute approximate surface area is 108 Å². The Morgan fingerprint density at radius 1 is 0.789 bits per heavy atom. The van der Waals surface area contributed by atoms with Gasteiger partial charge in [0.1, 0.15) is 0 Å². The monoisotopic (exact) mass is 277 g/mol. The first-order valence-corrected chi connectivity index (χ1v) is 6.23. The number of hydrogen-bond acceptors (Lipinski definition) is 2. The van der Waals surface area contributed by atoms with Crippen molar-refractivity contribution in [1.29, 1.82) is 0 Å². The Hall–Kier alpha value is -1.14. The van der Waals surface area contributed by atoms with Crippen LogP contribution in [0.15, 0.2) is 0 Å². The van der Waals surface area contributed by atoms with E-state index in [1.165, 1.54) is 0 Å². The van der Waals surface area contributed by atoms with Gasteiger partial charge in [-0.2, -0.15) is 0 Å². The lowest BCUT2D eigenvalue weighted by Crippen LogP contribution is -2.30. The van der Waals surface area contributed by atoms with Crippen molar-refractivity contribution in [3.05, 3.63) is 34.4 Å². The number of aliphatic hydroxyl groups is 1. The van der Waals surface area contributed by atoms with Gasteiger partial charge in [0, 0.05) is 12.1 Å². The number of nitrogens with zero attached hydrogens (tertiary/aromatic N) is 1. The maximum atomic E-state index is 13.7. The summed E-state index contributed by atoms with van der Waals surface area (Å²) < 4.78 is 54.4. The van der Waals surface area contributed by atoms with E-state index in [4.69, 9.17) is 5.11 Å². The summed E-state index contributed by atoms with van der Waals surface area (Å²) in [5.41, 5.74) is -1.56. The minimum Gasteiger partial charge on any atom is -0.391 e. The summed E-state index contributed by atoms with van der Waals surface area (Å²) in [6.45, 7) is 0.0838. The molecule has 1 N–H and O–H groups in total. The third kappa shape index (κ3) is 2.74. The molecule has 1 fully saturated rings. The third-order valence-electron chi connectivity index (χ3n) is 3.43. The van der Waals surface area contributed by atoms with E-state index in [1.54, 1.807) is 4.90 Å². The lowest BCUT2D eigenvalue weighted by molar-refractivity contribution is 0.211. The maximum Gasteiger partial charge on any atom is 0.167 e. The molecule has 1 heterocycles. The summed E-state index contributed by atoms with van der Waals surface area (Å²) in [6.07, 6.45) is 2.86. The van der Waals surface area contributed by atoms with E-state index in [0.717, 1.165) is 19.3 Å². The molecule has 0 aromatic heterocycles. The molecular formula is C13H15F4NO. The molecule has 19 heavy (non-hydrogen) atoms. The van der Waals surface area contributed by atoms with Crippen molar-refractivity contribution in [1.82, 2.24) is 4.90 Å². The summed E-state index contributed by atoms with van der Waals surface area (Å²) >= 11 is 0. The molecule has 0 atom stereocenters. The van der Waals surface area contributed by atoms with Gasteiger partial charge in [-0.15, -0.1) is 0 Å². The van der Waals surface area contributed by atoms with Crippen molar-refractivity contribution in [2.75, 3.05) is 13.1 Å². The first-order valence-electron chi connectivity index (χ1n) is 6.23. The van der Waals surface area contributed by atoms with Gasteiger partial charge in [0.2, 0.25) is 0 Å². The Kier molecular flexibility index (Phi) is 4.42. The van der Waals surface area contributed by atoms with Crippen LogP contribution >= 0.6 is 0 Å². The fourth-order valence-electron chi connectivity index (χ4n) is 2.34. The Morgan fingerprint density at radius 3 is 1.74 bits per heavy atom. The molecule has 0 radical (unpaired) electrons. The van der Waals surface area contributed by atoms with E-state index >= 15 is 0 Å². The van der Waals surface area contributed by atoms with Crippen molar-refractivity contribution in [2.24, 2.45) is 0 Å². The first kappa shape index (κ1) is 14.3. The standard InChI is InChI=1S/C13H15F4NO/c14-10-8(6-18-4-2-1-3-5-18)11(15)13(17)9(7-19)12(10)16/h19H,1-7H2. The molecular weight excluding hydrogens is 262 g/mol. The van der Waals surface area contributed by atoms with E-state index in [0.29, 0.717) is 13.1 Å². The van der Waals surface area contributed by atoms with Gasteiger partial charge in [-0.1, -0.05) is 6.42 Å². The smallest absolute Gasteiger partial charge is 0.167 e. The predicted molar refractivity (Wildman–Crippen MR) is 61.3 cm³/mol. The van der Waals surface area contributed by atoms with Crippen LogP contribution in [0.4, 0.5) is 17.6 Å². The fourth-order valence-corrected chi connectivity index (χ4v) is 2.34. The summed E-state index contributed by atoms with van der Waals surface area (Å²) in [6, 6.07) is 0. The van der Waals surface area contributed by atoms with Crippen LogP contribution in [0.1, 0.15) is 30.4 Å². The maximum absolute atomic E-state index is 13.7. The van der Waals surface area contributed by atoms with Crippen LogP contribution in [0.2, 0.25) is 0 Å². The van der Waals surface area contributed by atoms with E-state index in [2.05, 4.69) is 0 Å². The molecule has 1 aliphatic rings. The minimum absolute atomic E-state index is 0.156. The van der Waals surface area contributed by atoms with Crippen LogP contribution in [0.3, 0.4) is 0 Å². The summed E-state index contributed by atoms with van der Waals surface area (Å²) in [4.78, 5) is 1.77. The van der Waals surface area contributed by atoms with Gasteiger partial charge >= 0.3 is 0 Å². The molecule has 1 aromatic rings. The number of aliphatic hydroxyl groups excluding tert-OH is 1. The van der Waals surface area contributed by atoms with Crippen LogP contribution in [-0.2, 0) is 13.2 Å². The van der Waals surface area contributed by atoms with Gasteiger partial charge in [0.15, 0.2) is 23.3 Å². The van der Waals surface area contributed by atoms with Crippen molar-refractivity contribution in [3.8, 4) is 0 Å². The molecule has 1 aromatic carbocycles. The van der Waals surface area contributed by atoms with Crippen molar-refractivity contribution in [3.63, 3.8) is 0 Å². The second-order valence-electron chi connectivity index (χ2n) is 4.71. The van der Waals surface area contributed by atoms with Crippen LogP contribution in [0.5, 0.6) is 0 Å². The highest BCUT2D eigenvalue weighted by Gasteiger charge is 2.26. The molecule has 2 nitrogen and oxygen atoms in total. The number of likely N-dealkylation sites (tertiary alicyclic amines) is 1. The minimum atomic E-state index is -1.51. The van der Waals surface area contributed by atoms with Crippen LogP contribution in [-0.4, -0.2) is 23.1 Å². The first-order chi connectivity index (χ1) is 9.06. The molecule has 1 aliphatic heterocycles. The number of halogens is 4. The molecule has 0 spiro atoms. The number of piperidine rings is 1. The number of rotatable bonds is 3. The van der Waals surface area contributed by atoms with Crippen molar-refractivity contribution < 1.29 is 22.7 Å². The van der Waals surface area contributed by atoms with Gasteiger partial charge in [0.25, 0.3) is 0 Å². The Bertz CT molecular complexity index is 443. The van der Waals surface area contributed by atoms with Crippen LogP contribution < -0.4 is 0 Å². The lowest BCUT2D eigenvalue weighted by Gasteiger charge is -2.27. The molecule has 0 amide bonds. The highest BCUT2D eigenvalue weighted by atomic mass is 19.2. The van der Waals surface area contributed by atoms with Gasteiger partial charge < -0.3 is 5.11 Å². The molecule has 0 bridgehead atoms. The largest absolute Gasteiger partial charge is 0.391 e. The summed E-state index contributed by atoms with van der Waals surface area (Å²) in [5.74, 6) is -5.83. The molecule has 1 saturated heterocycles.